The van der Waals surface area contributed by atoms with Crippen LogP contribution in [0.5, 0.6) is 0 Å². The summed E-state index contributed by atoms with van der Waals surface area (Å²) in [4.78, 5) is 0. The molecule has 0 heterocycles. The van der Waals surface area contributed by atoms with E-state index in [1.807, 2.05) is 19.1 Å². The molecule has 0 amide bonds. The molecule has 0 saturated heterocycles. The Morgan fingerprint density at radius 1 is 0.788 bits per heavy atom. The Kier molecular flexibility index (Phi) is 6.08. The summed E-state index contributed by atoms with van der Waals surface area (Å²) in [6.45, 7) is 18.0. The smallest absolute Gasteiger partial charge is 0.0771 e. The van der Waals surface area contributed by atoms with Crippen LogP contribution in [0.2, 0.25) is 0 Å². The maximum Gasteiger partial charge on any atom is 0.0771 e. The van der Waals surface area contributed by atoms with Gasteiger partial charge in [-0.25, -0.2) is 0 Å². The lowest BCUT2D eigenvalue weighted by Crippen LogP contribution is -2.64. The fourth-order valence-electron chi connectivity index (χ4n) is 10.2. The van der Waals surface area contributed by atoms with Crippen LogP contribution in [0.4, 0.5) is 0 Å². The highest BCUT2D eigenvalue weighted by Crippen LogP contribution is 2.75. The largest absolute Gasteiger partial charge is 0.393 e. The maximum absolute atomic E-state index is 11.6. The van der Waals surface area contributed by atoms with E-state index in [-0.39, 0.29) is 16.9 Å². The Bertz CT molecular complexity index is 776. The molecule has 33 heavy (non-hydrogen) atoms. The van der Waals surface area contributed by atoms with Crippen LogP contribution in [0.15, 0.2) is 12.2 Å². The number of hydrogen-bond donors (Lipinski definition) is 3. The molecule has 0 spiro atoms. The monoisotopic (exact) mass is 460 g/mol. The van der Waals surface area contributed by atoms with Crippen molar-refractivity contribution in [3.8, 4) is 0 Å². The summed E-state index contributed by atoms with van der Waals surface area (Å²) in [6.07, 6.45) is 13.7. The highest BCUT2D eigenvalue weighted by atomic mass is 16.3. The third-order valence-electron chi connectivity index (χ3n) is 12.2. The Morgan fingerprint density at radius 2 is 1.42 bits per heavy atom. The van der Waals surface area contributed by atoms with E-state index in [1.54, 1.807) is 13.8 Å². The normalized spacial score (nSPS) is 49.2. The van der Waals surface area contributed by atoms with E-state index in [0.29, 0.717) is 40.9 Å². The van der Waals surface area contributed by atoms with Crippen LogP contribution in [0, 0.1) is 45.3 Å². The quantitative estimate of drug-likeness (QED) is 0.420. The Morgan fingerprint density at radius 3 is 2.06 bits per heavy atom. The van der Waals surface area contributed by atoms with E-state index in [2.05, 4.69) is 34.6 Å². The first kappa shape index (κ1) is 25.7. The summed E-state index contributed by atoms with van der Waals surface area (Å²) in [5.41, 5.74) is -0.695. The Balaban J connectivity index is 1.61. The molecular formula is C30H52O3. The van der Waals surface area contributed by atoms with E-state index in [9.17, 15) is 15.3 Å². The molecule has 0 bridgehead atoms. The summed E-state index contributed by atoms with van der Waals surface area (Å²) in [6, 6.07) is 0. The van der Waals surface area contributed by atoms with Gasteiger partial charge in [-0.05, 0) is 124 Å². The van der Waals surface area contributed by atoms with E-state index in [0.717, 1.165) is 19.3 Å². The second kappa shape index (κ2) is 7.81. The second-order valence-electron chi connectivity index (χ2n) is 14.8. The minimum atomic E-state index is -0.832. The minimum Gasteiger partial charge on any atom is -0.393 e. The van der Waals surface area contributed by atoms with Gasteiger partial charge in [0, 0.05) is 0 Å². The summed E-state index contributed by atoms with van der Waals surface area (Å²) in [5.74, 6) is 2.18. The first-order chi connectivity index (χ1) is 15.0. The third-order valence-corrected chi connectivity index (χ3v) is 12.2. The molecule has 4 aliphatic rings. The van der Waals surface area contributed by atoms with E-state index >= 15 is 0 Å². The van der Waals surface area contributed by atoms with Crippen molar-refractivity contribution in [2.45, 2.75) is 130 Å². The Hall–Kier alpha value is -0.380. The van der Waals surface area contributed by atoms with Crippen molar-refractivity contribution in [1.82, 2.24) is 0 Å². The zero-order valence-corrected chi connectivity index (χ0v) is 22.7. The van der Waals surface area contributed by atoms with Gasteiger partial charge >= 0.3 is 0 Å². The molecule has 4 saturated carbocycles. The standard InChI is InChI=1S/C30H52O3/c1-25(2,32)15-9-16-30(8,33)21-12-18-28(6)20(21)10-11-23-27(5)17-14-24(31)26(3,4)22(27)13-19-29(23,28)7/h9,15,20-24,31-33H,10-14,16-19H2,1-8H3/t20-,21+,22-,23+,24-,27-,28+,29+,30+/m0/s1. The number of rotatable bonds is 4. The number of fused-ring (bicyclic) bond motifs is 5. The zero-order valence-electron chi connectivity index (χ0n) is 22.7. The lowest BCUT2D eigenvalue weighted by Gasteiger charge is -2.70. The molecule has 0 aliphatic heterocycles. The summed E-state index contributed by atoms with van der Waals surface area (Å²) in [7, 11) is 0. The van der Waals surface area contributed by atoms with Gasteiger partial charge in [-0.1, -0.05) is 46.8 Å². The van der Waals surface area contributed by atoms with Crippen molar-refractivity contribution in [3.63, 3.8) is 0 Å². The van der Waals surface area contributed by atoms with Gasteiger partial charge < -0.3 is 15.3 Å². The molecule has 3 heteroatoms. The Labute approximate surface area is 203 Å². The molecule has 4 rings (SSSR count). The maximum atomic E-state index is 11.6. The minimum absolute atomic E-state index is 0.000777. The van der Waals surface area contributed by atoms with Gasteiger partial charge in [0.25, 0.3) is 0 Å². The van der Waals surface area contributed by atoms with Crippen molar-refractivity contribution in [2.24, 2.45) is 45.3 Å². The van der Waals surface area contributed by atoms with Gasteiger partial charge in [-0.3, -0.25) is 0 Å². The number of hydrogen-bond acceptors (Lipinski definition) is 3. The lowest BCUT2D eigenvalue weighted by atomic mass is 9.35. The SMILES string of the molecule is CC(C)(O)C=CC[C@@](C)(O)[C@@H]1CC[C@]2(C)[C@H]1CC[C@@H]1[C@@]3(C)CC[C@H](O)C(C)(C)[C@@H]3CC[C@]12C. The second-order valence-corrected chi connectivity index (χ2v) is 14.8. The van der Waals surface area contributed by atoms with Gasteiger partial charge in [0.1, 0.15) is 0 Å². The predicted octanol–water partition coefficient (Wildman–Crippen LogP) is 6.50. The van der Waals surface area contributed by atoms with Crippen LogP contribution in [-0.2, 0) is 0 Å². The van der Waals surface area contributed by atoms with E-state index in [1.165, 1.54) is 32.1 Å². The highest BCUT2D eigenvalue weighted by molar-refractivity contribution is 5.18. The van der Waals surface area contributed by atoms with Gasteiger partial charge in [-0.15, -0.1) is 0 Å². The molecule has 0 radical (unpaired) electrons. The van der Waals surface area contributed by atoms with Gasteiger partial charge in [0.15, 0.2) is 0 Å². The summed E-state index contributed by atoms with van der Waals surface area (Å²) < 4.78 is 0. The van der Waals surface area contributed by atoms with Gasteiger partial charge in [0.2, 0.25) is 0 Å². The van der Waals surface area contributed by atoms with E-state index < -0.39 is 11.2 Å². The summed E-state index contributed by atoms with van der Waals surface area (Å²) in [5, 5.41) is 32.5. The fourth-order valence-corrected chi connectivity index (χ4v) is 10.2. The molecule has 190 valence electrons. The molecule has 0 aromatic carbocycles. The highest BCUT2D eigenvalue weighted by Gasteiger charge is 2.69. The van der Waals surface area contributed by atoms with E-state index in [4.69, 9.17) is 0 Å². The molecule has 3 nitrogen and oxygen atoms in total. The van der Waals surface area contributed by atoms with Crippen molar-refractivity contribution in [3.05, 3.63) is 12.2 Å². The molecular weight excluding hydrogens is 408 g/mol. The molecule has 3 N–H and O–H groups in total. The van der Waals surface area contributed by atoms with Gasteiger partial charge in [-0.2, -0.15) is 0 Å². The number of aliphatic hydroxyl groups is 3. The van der Waals surface area contributed by atoms with Crippen LogP contribution in [0.1, 0.15) is 113 Å². The predicted molar refractivity (Wildman–Crippen MR) is 136 cm³/mol. The van der Waals surface area contributed by atoms with Crippen molar-refractivity contribution < 1.29 is 15.3 Å². The average molecular weight is 461 g/mol. The first-order valence-electron chi connectivity index (χ1n) is 13.8. The molecule has 0 aromatic heterocycles. The van der Waals surface area contributed by atoms with Crippen LogP contribution in [0.25, 0.3) is 0 Å². The third kappa shape index (κ3) is 3.78. The van der Waals surface area contributed by atoms with Crippen molar-refractivity contribution in [2.75, 3.05) is 0 Å². The summed E-state index contributed by atoms with van der Waals surface area (Å²) >= 11 is 0. The number of aliphatic hydroxyl groups excluding tert-OH is 1. The fraction of sp³-hybridized carbons (Fsp3) is 0.933. The van der Waals surface area contributed by atoms with Crippen LogP contribution in [0.3, 0.4) is 0 Å². The molecule has 0 unspecified atom stereocenters. The molecule has 9 atom stereocenters. The molecule has 4 aliphatic carbocycles. The van der Waals surface area contributed by atoms with Crippen molar-refractivity contribution >= 4 is 0 Å². The van der Waals surface area contributed by atoms with Crippen molar-refractivity contribution in [1.29, 1.82) is 0 Å². The topological polar surface area (TPSA) is 60.7 Å². The zero-order chi connectivity index (χ0) is 24.7. The van der Waals surface area contributed by atoms with Crippen LogP contribution >= 0.6 is 0 Å². The average Bonchev–Trinajstić information content (AvgIpc) is 3.03. The van der Waals surface area contributed by atoms with Crippen LogP contribution < -0.4 is 0 Å². The lowest BCUT2D eigenvalue weighted by molar-refractivity contribution is -0.224. The molecule has 4 fully saturated rings. The van der Waals surface area contributed by atoms with Crippen LogP contribution in [-0.4, -0.2) is 32.6 Å². The first-order valence-corrected chi connectivity index (χ1v) is 13.8. The molecule has 0 aromatic rings. The van der Waals surface area contributed by atoms with Gasteiger partial charge in [0.05, 0.1) is 17.3 Å².